The van der Waals surface area contributed by atoms with E-state index in [0.29, 0.717) is 0 Å². The van der Waals surface area contributed by atoms with Crippen LogP contribution >= 0.6 is 11.8 Å². The van der Waals surface area contributed by atoms with Gasteiger partial charge in [-0.1, -0.05) is 17.7 Å². The van der Waals surface area contributed by atoms with Gasteiger partial charge in [-0.2, -0.15) is 0 Å². The predicted octanol–water partition coefficient (Wildman–Crippen LogP) is 3.69. The zero-order chi connectivity index (χ0) is 11.9. The summed E-state index contributed by atoms with van der Waals surface area (Å²) in [6.07, 6.45) is 3.71. The van der Waals surface area contributed by atoms with Crippen LogP contribution in [-0.2, 0) is 0 Å². The summed E-state index contributed by atoms with van der Waals surface area (Å²) in [4.78, 5) is 4.51. The Labute approximate surface area is 107 Å². The Hall–Kier alpha value is -0.960. The summed E-state index contributed by atoms with van der Waals surface area (Å²) in [6.45, 7) is 3.86. The van der Waals surface area contributed by atoms with E-state index in [0.717, 1.165) is 31.1 Å². The summed E-state index contributed by atoms with van der Waals surface area (Å²) in [6, 6.07) is 8.21. The highest BCUT2D eigenvalue weighted by molar-refractivity contribution is 8.13. The average molecular weight is 249 g/mol. The lowest BCUT2D eigenvalue weighted by Crippen LogP contribution is -2.06. The number of ether oxygens (including phenoxy) is 1. The molecule has 0 amide bonds. The Morgan fingerprint density at radius 1 is 1.24 bits per heavy atom. The highest BCUT2D eigenvalue weighted by Gasteiger charge is 2.05. The second-order valence-corrected chi connectivity index (χ2v) is 5.41. The van der Waals surface area contributed by atoms with Gasteiger partial charge in [-0.25, -0.2) is 0 Å². The van der Waals surface area contributed by atoms with E-state index in [9.17, 15) is 0 Å². The van der Waals surface area contributed by atoms with Crippen molar-refractivity contribution in [2.24, 2.45) is 4.99 Å². The van der Waals surface area contributed by atoms with E-state index in [1.807, 2.05) is 23.9 Å². The van der Waals surface area contributed by atoms with Gasteiger partial charge >= 0.3 is 0 Å². The number of hydrogen-bond donors (Lipinski definition) is 0. The van der Waals surface area contributed by atoms with Crippen molar-refractivity contribution in [2.75, 3.05) is 18.9 Å². The number of thioether (sulfide) groups is 1. The standard InChI is InChI=1S/C14H19NOS/c1-12-5-7-13(8-6-12)16-10-11-17-14-4-2-3-9-15-14/h5-8H,2-4,9-11H2,1H3. The fraction of sp³-hybridized carbons (Fsp3) is 0.500. The number of nitrogens with zero attached hydrogens (tertiary/aromatic N) is 1. The summed E-state index contributed by atoms with van der Waals surface area (Å²) in [5.74, 6) is 1.95. The fourth-order valence-corrected chi connectivity index (χ4v) is 2.62. The van der Waals surface area contributed by atoms with Crippen LogP contribution in [0.3, 0.4) is 0 Å². The van der Waals surface area contributed by atoms with Crippen molar-refractivity contribution >= 4 is 16.8 Å². The Bertz CT molecular complexity index is 372. The highest BCUT2D eigenvalue weighted by atomic mass is 32.2. The van der Waals surface area contributed by atoms with Gasteiger partial charge in [0.05, 0.1) is 11.7 Å². The highest BCUT2D eigenvalue weighted by Crippen LogP contribution is 2.17. The third kappa shape index (κ3) is 4.43. The van der Waals surface area contributed by atoms with E-state index in [4.69, 9.17) is 4.74 Å². The van der Waals surface area contributed by atoms with Gasteiger partial charge in [0.15, 0.2) is 0 Å². The van der Waals surface area contributed by atoms with Gasteiger partial charge in [0, 0.05) is 12.3 Å². The van der Waals surface area contributed by atoms with E-state index in [1.165, 1.54) is 23.4 Å². The van der Waals surface area contributed by atoms with Crippen LogP contribution in [-0.4, -0.2) is 23.9 Å². The van der Waals surface area contributed by atoms with Crippen molar-refractivity contribution < 1.29 is 4.74 Å². The molecule has 2 nitrogen and oxygen atoms in total. The minimum atomic E-state index is 0.757. The third-order valence-corrected chi connectivity index (χ3v) is 3.77. The first-order valence-electron chi connectivity index (χ1n) is 6.20. The molecule has 17 heavy (non-hydrogen) atoms. The quantitative estimate of drug-likeness (QED) is 0.759. The molecule has 0 aromatic heterocycles. The van der Waals surface area contributed by atoms with Crippen LogP contribution in [0.25, 0.3) is 0 Å². The second kappa shape index (κ2) is 6.70. The van der Waals surface area contributed by atoms with Crippen molar-refractivity contribution in [3.8, 4) is 5.75 Å². The minimum Gasteiger partial charge on any atom is -0.493 e. The molecule has 0 bridgehead atoms. The molecule has 0 N–H and O–H groups in total. The number of hydrogen-bond acceptors (Lipinski definition) is 3. The molecule has 0 aliphatic carbocycles. The molecule has 0 atom stereocenters. The van der Waals surface area contributed by atoms with Gasteiger partial charge in [-0.15, -0.1) is 11.8 Å². The van der Waals surface area contributed by atoms with Gasteiger partial charge < -0.3 is 4.74 Å². The summed E-state index contributed by atoms with van der Waals surface area (Å²) >= 11 is 1.84. The van der Waals surface area contributed by atoms with Crippen LogP contribution < -0.4 is 4.74 Å². The smallest absolute Gasteiger partial charge is 0.119 e. The van der Waals surface area contributed by atoms with Crippen molar-refractivity contribution in [3.63, 3.8) is 0 Å². The summed E-state index contributed by atoms with van der Waals surface area (Å²) in [5.41, 5.74) is 1.27. The molecule has 2 rings (SSSR count). The molecule has 0 spiro atoms. The molecule has 1 aromatic carbocycles. The third-order valence-electron chi connectivity index (χ3n) is 2.73. The minimum absolute atomic E-state index is 0.757. The van der Waals surface area contributed by atoms with Crippen molar-refractivity contribution in [2.45, 2.75) is 26.2 Å². The first-order chi connectivity index (χ1) is 8.34. The molecule has 92 valence electrons. The summed E-state index contributed by atoms with van der Waals surface area (Å²) in [7, 11) is 0. The number of rotatable bonds is 4. The normalized spacial score (nSPS) is 15.5. The monoisotopic (exact) mass is 249 g/mol. The number of benzene rings is 1. The molecular formula is C14H19NOS. The first kappa shape index (κ1) is 12.5. The lowest BCUT2D eigenvalue weighted by Gasteiger charge is -2.11. The van der Waals surface area contributed by atoms with Gasteiger partial charge in [-0.05, 0) is 38.3 Å². The zero-order valence-electron chi connectivity index (χ0n) is 10.3. The van der Waals surface area contributed by atoms with E-state index in [-0.39, 0.29) is 0 Å². The maximum absolute atomic E-state index is 5.68. The largest absolute Gasteiger partial charge is 0.493 e. The maximum atomic E-state index is 5.68. The lowest BCUT2D eigenvalue weighted by molar-refractivity contribution is 0.344. The fourth-order valence-electron chi connectivity index (χ4n) is 1.74. The Balaban J connectivity index is 1.66. The number of aryl methyl sites for hydroxylation is 1. The zero-order valence-corrected chi connectivity index (χ0v) is 11.1. The molecule has 1 aliphatic heterocycles. The van der Waals surface area contributed by atoms with Crippen LogP contribution in [0, 0.1) is 6.92 Å². The molecule has 1 aromatic rings. The molecule has 0 fully saturated rings. The molecule has 0 radical (unpaired) electrons. The summed E-state index contributed by atoms with van der Waals surface area (Å²) < 4.78 is 5.68. The Morgan fingerprint density at radius 3 is 2.76 bits per heavy atom. The van der Waals surface area contributed by atoms with Crippen molar-refractivity contribution in [1.82, 2.24) is 0 Å². The lowest BCUT2D eigenvalue weighted by atomic mass is 10.2. The van der Waals surface area contributed by atoms with Crippen LogP contribution in [0.1, 0.15) is 24.8 Å². The average Bonchev–Trinajstić information content (AvgIpc) is 2.38. The van der Waals surface area contributed by atoms with Crippen LogP contribution in [0.5, 0.6) is 5.75 Å². The van der Waals surface area contributed by atoms with Crippen molar-refractivity contribution in [1.29, 1.82) is 0 Å². The Kier molecular flexibility index (Phi) is 4.92. The molecule has 0 saturated carbocycles. The second-order valence-electron chi connectivity index (χ2n) is 4.24. The van der Waals surface area contributed by atoms with Gasteiger partial charge in [0.1, 0.15) is 5.75 Å². The van der Waals surface area contributed by atoms with Crippen LogP contribution in [0.4, 0.5) is 0 Å². The molecule has 0 unspecified atom stereocenters. The maximum Gasteiger partial charge on any atom is 0.119 e. The first-order valence-corrected chi connectivity index (χ1v) is 7.19. The van der Waals surface area contributed by atoms with Crippen molar-refractivity contribution in [3.05, 3.63) is 29.8 Å². The molecule has 3 heteroatoms. The van der Waals surface area contributed by atoms with E-state index in [2.05, 4.69) is 24.0 Å². The predicted molar refractivity (Wildman–Crippen MR) is 75.3 cm³/mol. The van der Waals surface area contributed by atoms with E-state index < -0.39 is 0 Å². The van der Waals surface area contributed by atoms with Crippen LogP contribution in [0.2, 0.25) is 0 Å². The molecule has 1 heterocycles. The Morgan fingerprint density at radius 2 is 2.06 bits per heavy atom. The van der Waals surface area contributed by atoms with Gasteiger partial charge in [-0.3, -0.25) is 4.99 Å². The summed E-state index contributed by atoms with van der Waals surface area (Å²) in [5, 5.41) is 1.31. The molecular weight excluding hydrogens is 230 g/mol. The number of aliphatic imine (C=N–C) groups is 1. The SMILES string of the molecule is Cc1ccc(OCCSC2=NCCCC2)cc1. The van der Waals surface area contributed by atoms with Gasteiger partial charge in [0.25, 0.3) is 0 Å². The topological polar surface area (TPSA) is 21.6 Å². The van der Waals surface area contributed by atoms with E-state index >= 15 is 0 Å². The molecule has 1 aliphatic rings. The molecule has 0 saturated heterocycles. The van der Waals surface area contributed by atoms with E-state index in [1.54, 1.807) is 0 Å². The van der Waals surface area contributed by atoms with Crippen LogP contribution in [0.15, 0.2) is 29.3 Å². The van der Waals surface area contributed by atoms with Gasteiger partial charge in [0.2, 0.25) is 0 Å².